The molecule has 0 saturated heterocycles. The van der Waals surface area contributed by atoms with Crippen LogP contribution in [0.2, 0.25) is 0 Å². The van der Waals surface area contributed by atoms with Crippen molar-refractivity contribution >= 4 is 22.6 Å². The maximum Gasteiger partial charge on any atom is 0.435 e. The molecule has 3 aromatic heterocycles. The number of hydrogen-bond donors (Lipinski definition) is 0. The van der Waals surface area contributed by atoms with E-state index in [1.165, 1.54) is 19.3 Å². The second kappa shape index (κ2) is 19.5. The number of rotatable bonds is 7. The van der Waals surface area contributed by atoms with Crippen molar-refractivity contribution in [1.82, 2.24) is 23.8 Å². The lowest BCUT2D eigenvalue weighted by Crippen LogP contribution is -2.22. The number of nitrogens with zero attached hydrogens (tertiary/aromatic N) is 5. The fourth-order valence-corrected chi connectivity index (χ4v) is 3.98. The largest absolute Gasteiger partial charge is 0.435 e. The number of allylic oxidation sites excluding steroid dienone is 4. The number of alkyl halides is 3. The zero-order valence-electron chi connectivity index (χ0n) is 26.9. The molecule has 1 aliphatic carbocycles. The predicted octanol–water partition coefficient (Wildman–Crippen LogP) is 10.3. The highest BCUT2D eigenvalue weighted by molar-refractivity contribution is 5.82. The Bertz CT molecular complexity index is 1150. The first kappa shape index (κ1) is 37.4. The topological polar surface area (TPSA) is 38.4 Å². The zero-order chi connectivity index (χ0) is 30.9. The highest BCUT2D eigenvalue weighted by Gasteiger charge is 2.39. The molecule has 228 valence electrons. The quantitative estimate of drug-likeness (QED) is 0.268. The van der Waals surface area contributed by atoms with Gasteiger partial charge in [0, 0.05) is 18.4 Å². The summed E-state index contributed by atoms with van der Waals surface area (Å²) in [6, 6.07) is 3.50. The molecule has 1 fully saturated rings. The van der Waals surface area contributed by atoms with Gasteiger partial charge in [0.05, 0.1) is 11.2 Å². The van der Waals surface area contributed by atoms with E-state index in [4.69, 9.17) is 0 Å². The minimum Gasteiger partial charge on any atom is -0.301 e. The molecule has 0 aliphatic heterocycles. The molecule has 1 aliphatic rings. The van der Waals surface area contributed by atoms with Crippen LogP contribution in [0.4, 0.5) is 13.2 Å². The van der Waals surface area contributed by atoms with E-state index in [1.54, 1.807) is 27.3 Å². The molecule has 0 unspecified atom stereocenters. The van der Waals surface area contributed by atoms with Gasteiger partial charge in [0.1, 0.15) is 0 Å². The van der Waals surface area contributed by atoms with Crippen LogP contribution in [0.5, 0.6) is 0 Å². The number of aromatic nitrogens is 4. The number of hydrogen-bond acceptors (Lipinski definition) is 3. The van der Waals surface area contributed by atoms with Gasteiger partial charge in [-0.2, -0.15) is 13.2 Å². The molecule has 0 bridgehead atoms. The Balaban J connectivity index is 0.000000901. The maximum atomic E-state index is 13.7. The van der Waals surface area contributed by atoms with Crippen LogP contribution >= 0.6 is 0 Å². The van der Waals surface area contributed by atoms with Crippen LogP contribution in [0.1, 0.15) is 113 Å². The second-order valence-electron chi connectivity index (χ2n) is 9.22. The van der Waals surface area contributed by atoms with Gasteiger partial charge in [-0.15, -0.1) is 0 Å². The summed E-state index contributed by atoms with van der Waals surface area (Å²) in [5, 5.41) is 0. The van der Waals surface area contributed by atoms with Crippen LogP contribution in [-0.2, 0) is 12.7 Å². The third-order valence-electron chi connectivity index (χ3n) is 6.18. The number of imidazole rings is 2. The highest BCUT2D eigenvalue weighted by atomic mass is 19.4. The molecular formula is C32H54F3N5. The molecule has 0 spiro atoms. The summed E-state index contributed by atoms with van der Waals surface area (Å²) in [5.74, 6) is 1.37. The van der Waals surface area contributed by atoms with Gasteiger partial charge in [0.2, 0.25) is 5.78 Å². The van der Waals surface area contributed by atoms with Gasteiger partial charge in [-0.25, -0.2) is 9.97 Å². The molecule has 0 aromatic carbocycles. The predicted molar refractivity (Wildman–Crippen MR) is 167 cm³/mol. The first-order chi connectivity index (χ1) is 19.1. The van der Waals surface area contributed by atoms with E-state index in [0.717, 1.165) is 24.5 Å². The van der Waals surface area contributed by atoms with Gasteiger partial charge in [-0.1, -0.05) is 86.0 Å². The Hall–Kier alpha value is -2.61. The second-order valence-corrected chi connectivity index (χ2v) is 9.22. The molecule has 5 nitrogen and oxygen atoms in total. The minimum absolute atomic E-state index is 0.143. The number of halogens is 3. The lowest BCUT2D eigenvalue weighted by Gasteiger charge is -2.16. The molecule has 3 aromatic rings. The van der Waals surface area contributed by atoms with Crippen LogP contribution in [0.25, 0.3) is 22.6 Å². The van der Waals surface area contributed by atoms with Crippen molar-refractivity contribution in [2.45, 2.75) is 114 Å². The van der Waals surface area contributed by atoms with Gasteiger partial charge in [0.25, 0.3) is 0 Å². The smallest absolute Gasteiger partial charge is 0.301 e. The summed E-state index contributed by atoms with van der Waals surface area (Å²) in [6.45, 7) is 20.9. The molecule has 0 atom stereocenters. The third kappa shape index (κ3) is 10.8. The van der Waals surface area contributed by atoms with E-state index in [9.17, 15) is 13.2 Å². The van der Waals surface area contributed by atoms with Crippen LogP contribution in [0, 0.1) is 5.92 Å². The Morgan fingerprint density at radius 2 is 1.73 bits per heavy atom. The van der Waals surface area contributed by atoms with Crippen LogP contribution < -0.4 is 0 Å². The molecule has 3 heterocycles. The molecule has 8 heteroatoms. The van der Waals surface area contributed by atoms with Gasteiger partial charge in [-0.05, 0) is 65.3 Å². The summed E-state index contributed by atoms with van der Waals surface area (Å²) in [4.78, 5) is 10.2. The monoisotopic (exact) mass is 565 g/mol. The van der Waals surface area contributed by atoms with Crippen LogP contribution in [0.15, 0.2) is 36.6 Å². The summed E-state index contributed by atoms with van der Waals surface area (Å²) in [6.07, 6.45) is 9.59. The van der Waals surface area contributed by atoms with Gasteiger partial charge in [0.15, 0.2) is 11.3 Å². The van der Waals surface area contributed by atoms with Gasteiger partial charge in [-0.3, -0.25) is 8.97 Å². The summed E-state index contributed by atoms with van der Waals surface area (Å²) in [5.41, 5.74) is 1.30. The van der Waals surface area contributed by atoms with Crippen molar-refractivity contribution in [2.24, 2.45) is 5.92 Å². The maximum absolute atomic E-state index is 13.7. The molecule has 0 N–H and O–H groups in total. The third-order valence-corrected chi connectivity index (χ3v) is 6.18. The zero-order valence-corrected chi connectivity index (χ0v) is 26.9. The summed E-state index contributed by atoms with van der Waals surface area (Å²) in [7, 11) is 1.82. The fourth-order valence-electron chi connectivity index (χ4n) is 3.98. The van der Waals surface area contributed by atoms with Crippen molar-refractivity contribution in [3.05, 3.63) is 47.9 Å². The lowest BCUT2D eigenvalue weighted by molar-refractivity contribution is -0.141. The van der Waals surface area contributed by atoms with Crippen molar-refractivity contribution in [3.8, 4) is 0 Å². The van der Waals surface area contributed by atoms with Gasteiger partial charge < -0.3 is 4.90 Å². The molecule has 40 heavy (non-hydrogen) atoms. The molecule has 0 radical (unpaired) electrons. The number of pyridine rings is 1. The van der Waals surface area contributed by atoms with E-state index in [-0.39, 0.29) is 18.0 Å². The minimum atomic E-state index is -4.52. The molecule has 0 amide bonds. The normalized spacial score (nSPS) is 13.2. The summed E-state index contributed by atoms with van der Waals surface area (Å²) >= 11 is 0. The van der Waals surface area contributed by atoms with E-state index >= 15 is 0 Å². The average molecular weight is 566 g/mol. The van der Waals surface area contributed by atoms with E-state index in [1.807, 2.05) is 73.4 Å². The van der Waals surface area contributed by atoms with E-state index < -0.39 is 11.9 Å². The SMILES string of the molecule is C/C=C(\C)n1c2ncccc2n2c(CN(C)CCC)c(C(F)(F)F)nc12.C/C=C/CC.CC.CC.CCC1CC1. The molecule has 1 saturated carbocycles. The van der Waals surface area contributed by atoms with Crippen molar-refractivity contribution < 1.29 is 13.2 Å². The van der Waals surface area contributed by atoms with Gasteiger partial charge >= 0.3 is 6.18 Å². The van der Waals surface area contributed by atoms with Crippen LogP contribution in [0.3, 0.4) is 0 Å². The Morgan fingerprint density at radius 3 is 2.12 bits per heavy atom. The summed E-state index contributed by atoms with van der Waals surface area (Å²) < 4.78 is 44.3. The van der Waals surface area contributed by atoms with E-state index in [2.05, 4.69) is 36.0 Å². The van der Waals surface area contributed by atoms with Crippen LogP contribution in [-0.4, -0.2) is 37.4 Å². The molecular weight excluding hydrogens is 511 g/mol. The Labute approximate surface area is 241 Å². The number of fused-ring (bicyclic) bond motifs is 3. The van der Waals surface area contributed by atoms with E-state index in [0.29, 0.717) is 17.7 Å². The first-order valence-electron chi connectivity index (χ1n) is 15.0. The van der Waals surface area contributed by atoms with Crippen molar-refractivity contribution in [2.75, 3.05) is 13.6 Å². The Kier molecular flexibility index (Phi) is 18.2. The van der Waals surface area contributed by atoms with Crippen molar-refractivity contribution in [1.29, 1.82) is 0 Å². The lowest BCUT2D eigenvalue weighted by atomic mass is 10.2. The average Bonchev–Trinajstić information content (AvgIpc) is 3.65. The highest BCUT2D eigenvalue weighted by Crippen LogP contribution is 2.35. The standard InChI is InChI=1S/C18H22F3N5.2C5H10.2C2H6/c1-5-10-24(4)11-14-15(18(19,20)21)23-17-25(12(3)6-2)16-13(26(14)17)8-7-9-22-16;1-2-5-3-4-5;1-3-5-4-2;2*1-2/h6-9H,5,10-11H2,1-4H3;5H,2-4H2,1H3;3,5H,4H2,1-2H3;2*1-2H3/b12-6+;;5-3+;;. The van der Waals surface area contributed by atoms with Crippen molar-refractivity contribution in [3.63, 3.8) is 0 Å². The fraction of sp³-hybridized carbons (Fsp3) is 0.625. The molecule has 4 rings (SSSR count). The first-order valence-corrected chi connectivity index (χ1v) is 15.0. The Morgan fingerprint density at radius 1 is 1.10 bits per heavy atom.